The molecule has 2 N–H and O–H groups in total. The standard InChI is InChI=1S/C10H8F7N.ClH/c11-5-1-2-7(10(15,16)17)6(3-5)8(18)4-9(12,13)14;/h1-3,8H,4,18H2;1H/t8-;/m1./s1. The molecule has 0 unspecified atom stereocenters. The largest absolute Gasteiger partial charge is 0.416 e. The minimum absolute atomic E-state index is 0. The first-order valence-corrected chi connectivity index (χ1v) is 4.69. The number of benzene rings is 1. The summed E-state index contributed by atoms with van der Waals surface area (Å²) in [5.74, 6) is -1.07. The predicted octanol–water partition coefficient (Wildman–Crippen LogP) is 4.22. The maximum absolute atomic E-state index is 12.8. The highest BCUT2D eigenvalue weighted by atomic mass is 35.5. The molecule has 0 aliphatic heterocycles. The molecule has 9 heteroatoms. The van der Waals surface area contributed by atoms with Crippen molar-refractivity contribution in [3.63, 3.8) is 0 Å². The maximum Gasteiger partial charge on any atom is 0.416 e. The zero-order valence-electron chi connectivity index (χ0n) is 9.15. The van der Waals surface area contributed by atoms with Crippen molar-refractivity contribution >= 4 is 12.4 Å². The summed E-state index contributed by atoms with van der Waals surface area (Å²) in [4.78, 5) is 0. The minimum Gasteiger partial charge on any atom is -0.324 e. The van der Waals surface area contributed by atoms with Crippen molar-refractivity contribution in [3.8, 4) is 0 Å². The molecule has 1 atom stereocenters. The summed E-state index contributed by atoms with van der Waals surface area (Å²) < 4.78 is 86.6. The van der Waals surface area contributed by atoms with Crippen LogP contribution in [0.1, 0.15) is 23.6 Å². The van der Waals surface area contributed by atoms with E-state index in [1.807, 2.05) is 0 Å². The molecular weight excluding hydrogens is 303 g/mol. The Labute approximate surface area is 110 Å². The van der Waals surface area contributed by atoms with Crippen LogP contribution in [0.5, 0.6) is 0 Å². The third-order valence-electron chi connectivity index (χ3n) is 2.17. The highest BCUT2D eigenvalue weighted by molar-refractivity contribution is 5.85. The lowest BCUT2D eigenvalue weighted by molar-refractivity contribution is -0.144. The molecule has 1 aromatic carbocycles. The second-order valence-electron chi connectivity index (χ2n) is 3.66. The number of rotatable bonds is 2. The molecule has 0 spiro atoms. The van der Waals surface area contributed by atoms with Gasteiger partial charge in [-0.15, -0.1) is 12.4 Å². The van der Waals surface area contributed by atoms with Crippen molar-refractivity contribution in [2.24, 2.45) is 5.73 Å². The lowest BCUT2D eigenvalue weighted by Gasteiger charge is -2.19. The SMILES string of the molecule is Cl.N[C@H](CC(F)(F)F)c1cc(F)ccc1C(F)(F)F. The molecule has 1 nitrogen and oxygen atoms in total. The van der Waals surface area contributed by atoms with Gasteiger partial charge in [-0.2, -0.15) is 26.3 Å². The van der Waals surface area contributed by atoms with Crippen LogP contribution in [0.3, 0.4) is 0 Å². The van der Waals surface area contributed by atoms with Crippen molar-refractivity contribution < 1.29 is 30.7 Å². The van der Waals surface area contributed by atoms with Crippen molar-refractivity contribution in [2.45, 2.75) is 24.8 Å². The van der Waals surface area contributed by atoms with Gasteiger partial charge in [-0.3, -0.25) is 0 Å². The Kier molecular flexibility index (Phi) is 5.64. The summed E-state index contributed by atoms with van der Waals surface area (Å²) in [6.07, 6.45) is -11.3. The van der Waals surface area contributed by atoms with E-state index in [0.717, 1.165) is 0 Å². The lowest BCUT2D eigenvalue weighted by Crippen LogP contribution is -2.23. The number of hydrogen-bond acceptors (Lipinski definition) is 1. The molecule has 0 aromatic heterocycles. The highest BCUT2D eigenvalue weighted by Crippen LogP contribution is 2.37. The first-order chi connectivity index (χ1) is 8.00. The fourth-order valence-corrected chi connectivity index (χ4v) is 1.46. The first-order valence-electron chi connectivity index (χ1n) is 4.69. The molecule has 0 bridgehead atoms. The zero-order valence-corrected chi connectivity index (χ0v) is 9.96. The second kappa shape index (κ2) is 5.96. The molecule has 1 aromatic rings. The van der Waals surface area contributed by atoms with Crippen LogP contribution in [0.4, 0.5) is 30.7 Å². The van der Waals surface area contributed by atoms with Crippen molar-refractivity contribution in [3.05, 3.63) is 35.1 Å². The second-order valence-corrected chi connectivity index (χ2v) is 3.66. The quantitative estimate of drug-likeness (QED) is 0.813. The molecule has 0 aliphatic carbocycles. The summed E-state index contributed by atoms with van der Waals surface area (Å²) in [6, 6.07) is -0.690. The molecule has 0 saturated carbocycles. The van der Waals surface area contributed by atoms with Crippen molar-refractivity contribution in [1.82, 2.24) is 0 Å². The van der Waals surface area contributed by atoms with Crippen LogP contribution in [0, 0.1) is 5.82 Å². The van der Waals surface area contributed by atoms with E-state index in [-0.39, 0.29) is 12.4 Å². The van der Waals surface area contributed by atoms with Gasteiger partial charge in [0.2, 0.25) is 0 Å². The zero-order chi connectivity index (χ0) is 14.1. The molecule has 1 rings (SSSR count). The Morgan fingerprint density at radius 2 is 1.58 bits per heavy atom. The van der Waals surface area contributed by atoms with Gasteiger partial charge in [-0.1, -0.05) is 0 Å². The third-order valence-corrected chi connectivity index (χ3v) is 2.17. The Balaban J connectivity index is 0.00000324. The summed E-state index contributed by atoms with van der Waals surface area (Å²) in [7, 11) is 0. The Bertz CT molecular complexity index is 427. The fraction of sp³-hybridized carbons (Fsp3) is 0.400. The summed E-state index contributed by atoms with van der Waals surface area (Å²) >= 11 is 0. The molecule has 0 amide bonds. The van der Waals surface area contributed by atoms with Gasteiger partial charge in [0.1, 0.15) is 5.82 Å². The normalized spacial score (nSPS) is 13.9. The fourth-order valence-electron chi connectivity index (χ4n) is 1.46. The van der Waals surface area contributed by atoms with Crippen LogP contribution in [-0.2, 0) is 6.18 Å². The summed E-state index contributed by atoms with van der Waals surface area (Å²) in [5, 5.41) is 0. The van der Waals surface area contributed by atoms with E-state index < -0.39 is 41.8 Å². The minimum atomic E-state index is -4.88. The molecule has 0 heterocycles. The number of halogens is 8. The summed E-state index contributed by atoms with van der Waals surface area (Å²) in [6.45, 7) is 0. The number of alkyl halides is 6. The van der Waals surface area contributed by atoms with E-state index in [0.29, 0.717) is 18.2 Å². The Hall–Kier alpha value is -1.02. The van der Waals surface area contributed by atoms with E-state index in [9.17, 15) is 30.7 Å². The Morgan fingerprint density at radius 3 is 2.00 bits per heavy atom. The van der Waals surface area contributed by atoms with Gasteiger partial charge in [0, 0.05) is 6.04 Å². The molecular formula is C10H9ClF7N. The first kappa shape index (κ1) is 18.0. The summed E-state index contributed by atoms with van der Waals surface area (Å²) in [5.41, 5.74) is 2.80. The molecule has 0 saturated heterocycles. The number of nitrogens with two attached hydrogens (primary N) is 1. The highest BCUT2D eigenvalue weighted by Gasteiger charge is 2.38. The van der Waals surface area contributed by atoms with Gasteiger partial charge < -0.3 is 5.73 Å². The van der Waals surface area contributed by atoms with Gasteiger partial charge in [0.15, 0.2) is 0 Å². The molecule has 0 aliphatic rings. The smallest absolute Gasteiger partial charge is 0.324 e. The van der Waals surface area contributed by atoms with Crippen LogP contribution in [-0.4, -0.2) is 6.18 Å². The van der Waals surface area contributed by atoms with Gasteiger partial charge >= 0.3 is 12.4 Å². The number of hydrogen-bond donors (Lipinski definition) is 1. The Morgan fingerprint density at radius 1 is 1.05 bits per heavy atom. The average molecular weight is 312 g/mol. The molecule has 0 radical (unpaired) electrons. The predicted molar refractivity (Wildman–Crippen MR) is 56.3 cm³/mol. The van der Waals surface area contributed by atoms with Crippen molar-refractivity contribution in [1.29, 1.82) is 0 Å². The third kappa shape index (κ3) is 5.23. The van der Waals surface area contributed by atoms with Gasteiger partial charge in [0.25, 0.3) is 0 Å². The van der Waals surface area contributed by atoms with E-state index in [4.69, 9.17) is 5.73 Å². The van der Waals surface area contributed by atoms with Gasteiger partial charge in [-0.25, -0.2) is 4.39 Å². The molecule has 110 valence electrons. The lowest BCUT2D eigenvalue weighted by atomic mass is 9.98. The van der Waals surface area contributed by atoms with Crippen LogP contribution < -0.4 is 5.73 Å². The van der Waals surface area contributed by atoms with Crippen molar-refractivity contribution in [2.75, 3.05) is 0 Å². The van der Waals surface area contributed by atoms with Crippen LogP contribution in [0.15, 0.2) is 18.2 Å². The maximum atomic E-state index is 12.8. The van der Waals surface area contributed by atoms with E-state index in [2.05, 4.69) is 0 Å². The van der Waals surface area contributed by atoms with Gasteiger partial charge in [0.05, 0.1) is 12.0 Å². The topological polar surface area (TPSA) is 26.0 Å². The van der Waals surface area contributed by atoms with Crippen LogP contribution >= 0.6 is 12.4 Å². The molecule has 19 heavy (non-hydrogen) atoms. The van der Waals surface area contributed by atoms with Crippen LogP contribution in [0.2, 0.25) is 0 Å². The van der Waals surface area contributed by atoms with Gasteiger partial charge in [-0.05, 0) is 23.8 Å². The van der Waals surface area contributed by atoms with E-state index in [1.54, 1.807) is 0 Å². The monoisotopic (exact) mass is 311 g/mol. The molecule has 0 fully saturated rings. The van der Waals surface area contributed by atoms with E-state index >= 15 is 0 Å². The average Bonchev–Trinajstić information content (AvgIpc) is 2.12. The van der Waals surface area contributed by atoms with Crippen LogP contribution in [0.25, 0.3) is 0 Å². The van der Waals surface area contributed by atoms with E-state index in [1.165, 1.54) is 0 Å².